The number of fused-ring (bicyclic) bond motifs is 1. The van der Waals surface area contributed by atoms with Gasteiger partial charge in [0.05, 0.1) is 4.88 Å². The van der Waals surface area contributed by atoms with E-state index in [2.05, 4.69) is 5.32 Å². The van der Waals surface area contributed by atoms with Crippen LogP contribution in [0.25, 0.3) is 0 Å². The number of rotatable bonds is 2. The van der Waals surface area contributed by atoms with Gasteiger partial charge in [-0.3, -0.25) is 4.79 Å². The van der Waals surface area contributed by atoms with Crippen LogP contribution >= 0.6 is 11.3 Å². The second-order valence-corrected chi connectivity index (χ2v) is 5.33. The van der Waals surface area contributed by atoms with Crippen LogP contribution in [0.1, 0.15) is 35.4 Å². The normalized spacial score (nSPS) is 33.9. The van der Waals surface area contributed by atoms with Gasteiger partial charge in [-0.1, -0.05) is 12.5 Å². The summed E-state index contributed by atoms with van der Waals surface area (Å²) in [6, 6.07) is 3.82. The second-order valence-electron chi connectivity index (χ2n) is 4.38. The fourth-order valence-corrected chi connectivity index (χ4v) is 3.26. The molecule has 0 saturated heterocycles. The SMILES string of the molecule is O=C(NC12CCCC1C2)c1cccs1. The van der Waals surface area contributed by atoms with E-state index in [9.17, 15) is 4.79 Å². The third kappa shape index (κ3) is 1.19. The van der Waals surface area contributed by atoms with Gasteiger partial charge in [0.2, 0.25) is 0 Å². The molecule has 0 spiro atoms. The molecule has 2 aliphatic rings. The Balaban J connectivity index is 1.71. The molecule has 3 rings (SSSR count). The van der Waals surface area contributed by atoms with E-state index in [0.29, 0.717) is 0 Å². The van der Waals surface area contributed by atoms with E-state index in [0.717, 1.165) is 10.8 Å². The first-order valence-electron chi connectivity index (χ1n) is 5.16. The smallest absolute Gasteiger partial charge is 0.261 e. The zero-order valence-corrected chi connectivity index (χ0v) is 8.77. The van der Waals surface area contributed by atoms with E-state index in [4.69, 9.17) is 0 Å². The molecule has 2 atom stereocenters. The highest BCUT2D eigenvalue weighted by Crippen LogP contribution is 2.55. The van der Waals surface area contributed by atoms with Gasteiger partial charge < -0.3 is 5.32 Å². The summed E-state index contributed by atoms with van der Waals surface area (Å²) < 4.78 is 0. The average Bonchev–Trinajstić information content (AvgIpc) is 2.62. The molecule has 2 saturated carbocycles. The molecule has 2 aliphatic carbocycles. The third-order valence-electron chi connectivity index (χ3n) is 3.51. The van der Waals surface area contributed by atoms with Crippen LogP contribution in [-0.2, 0) is 0 Å². The number of thiophene rings is 1. The Hall–Kier alpha value is -0.830. The molecule has 14 heavy (non-hydrogen) atoms. The summed E-state index contributed by atoms with van der Waals surface area (Å²) in [4.78, 5) is 12.6. The van der Waals surface area contributed by atoms with Crippen molar-refractivity contribution in [3.05, 3.63) is 22.4 Å². The van der Waals surface area contributed by atoms with Crippen molar-refractivity contribution in [1.82, 2.24) is 5.32 Å². The standard InChI is InChI=1S/C11H13NOS/c13-10(9-4-2-6-14-9)12-11-5-1-3-8(11)7-11/h2,4,6,8H,1,3,5,7H2,(H,12,13). The maximum absolute atomic E-state index is 11.8. The summed E-state index contributed by atoms with van der Waals surface area (Å²) in [5.74, 6) is 0.913. The van der Waals surface area contributed by atoms with E-state index in [1.165, 1.54) is 37.0 Å². The van der Waals surface area contributed by atoms with Crippen molar-refractivity contribution in [2.24, 2.45) is 5.92 Å². The van der Waals surface area contributed by atoms with Crippen LogP contribution < -0.4 is 5.32 Å². The first kappa shape index (κ1) is 8.48. The van der Waals surface area contributed by atoms with Crippen molar-refractivity contribution in [1.29, 1.82) is 0 Å². The number of hydrogen-bond acceptors (Lipinski definition) is 2. The molecule has 1 aromatic heterocycles. The summed E-state index contributed by atoms with van der Waals surface area (Å²) in [7, 11) is 0. The molecule has 0 radical (unpaired) electrons. The molecule has 2 nitrogen and oxygen atoms in total. The van der Waals surface area contributed by atoms with E-state index in [1.54, 1.807) is 0 Å². The summed E-state index contributed by atoms with van der Waals surface area (Å²) in [5, 5.41) is 5.15. The first-order chi connectivity index (χ1) is 6.80. The average molecular weight is 207 g/mol. The van der Waals surface area contributed by atoms with Crippen LogP contribution in [0.4, 0.5) is 0 Å². The lowest BCUT2D eigenvalue weighted by atomic mass is 10.2. The molecule has 1 N–H and O–H groups in total. The fourth-order valence-electron chi connectivity index (χ4n) is 2.64. The van der Waals surface area contributed by atoms with Crippen molar-refractivity contribution in [3.8, 4) is 0 Å². The minimum Gasteiger partial charge on any atom is -0.346 e. The van der Waals surface area contributed by atoms with Crippen LogP contribution in [0, 0.1) is 5.92 Å². The maximum atomic E-state index is 11.8. The van der Waals surface area contributed by atoms with Crippen LogP contribution in [0.5, 0.6) is 0 Å². The minimum atomic E-state index is 0.129. The Morgan fingerprint density at radius 3 is 3.14 bits per heavy atom. The lowest BCUT2D eigenvalue weighted by Crippen LogP contribution is -2.36. The van der Waals surface area contributed by atoms with Gasteiger partial charge in [-0.2, -0.15) is 0 Å². The fraction of sp³-hybridized carbons (Fsp3) is 0.545. The summed E-state index contributed by atoms with van der Waals surface area (Å²) in [5.41, 5.74) is 0.209. The number of nitrogens with one attached hydrogen (secondary N) is 1. The summed E-state index contributed by atoms with van der Waals surface area (Å²) >= 11 is 1.52. The predicted molar refractivity (Wildman–Crippen MR) is 56.5 cm³/mol. The van der Waals surface area contributed by atoms with Crippen LogP contribution in [0.3, 0.4) is 0 Å². The molecule has 1 amide bonds. The minimum absolute atomic E-state index is 0.129. The van der Waals surface area contributed by atoms with Gasteiger partial charge in [-0.15, -0.1) is 11.3 Å². The van der Waals surface area contributed by atoms with Crippen LogP contribution in [0.2, 0.25) is 0 Å². The molecule has 74 valence electrons. The van der Waals surface area contributed by atoms with Crippen molar-refractivity contribution in [3.63, 3.8) is 0 Å². The van der Waals surface area contributed by atoms with Gasteiger partial charge in [-0.05, 0) is 36.6 Å². The third-order valence-corrected chi connectivity index (χ3v) is 4.38. The van der Waals surface area contributed by atoms with Gasteiger partial charge in [0.15, 0.2) is 0 Å². The van der Waals surface area contributed by atoms with Gasteiger partial charge in [0.1, 0.15) is 0 Å². The molecule has 0 bridgehead atoms. The monoisotopic (exact) mass is 207 g/mol. The zero-order chi connectivity index (χ0) is 9.60. The highest BCUT2D eigenvalue weighted by molar-refractivity contribution is 7.12. The highest BCUT2D eigenvalue weighted by atomic mass is 32.1. The van der Waals surface area contributed by atoms with E-state index in [-0.39, 0.29) is 11.4 Å². The molecule has 1 heterocycles. The van der Waals surface area contributed by atoms with Crippen LogP contribution in [-0.4, -0.2) is 11.4 Å². The van der Waals surface area contributed by atoms with Crippen molar-refractivity contribution in [2.45, 2.75) is 31.2 Å². The lowest BCUT2D eigenvalue weighted by Gasteiger charge is -2.13. The molecule has 0 aromatic carbocycles. The molecule has 0 aliphatic heterocycles. The van der Waals surface area contributed by atoms with E-state index >= 15 is 0 Å². The van der Waals surface area contributed by atoms with E-state index < -0.39 is 0 Å². The van der Waals surface area contributed by atoms with Gasteiger partial charge in [0.25, 0.3) is 5.91 Å². The summed E-state index contributed by atoms with van der Waals surface area (Å²) in [6.45, 7) is 0. The highest BCUT2D eigenvalue weighted by Gasteiger charge is 2.57. The molecule has 3 heteroatoms. The second kappa shape index (κ2) is 2.83. The number of hydrogen-bond donors (Lipinski definition) is 1. The molecular weight excluding hydrogens is 194 g/mol. The van der Waals surface area contributed by atoms with Crippen molar-refractivity contribution >= 4 is 17.2 Å². The largest absolute Gasteiger partial charge is 0.346 e. The zero-order valence-electron chi connectivity index (χ0n) is 7.95. The Bertz CT molecular complexity index is 359. The Labute approximate surface area is 87.3 Å². The van der Waals surface area contributed by atoms with Crippen molar-refractivity contribution in [2.75, 3.05) is 0 Å². The van der Waals surface area contributed by atoms with Crippen LogP contribution in [0.15, 0.2) is 17.5 Å². The Morgan fingerprint density at radius 2 is 2.57 bits per heavy atom. The number of carbonyl (C=O) groups excluding carboxylic acids is 1. The van der Waals surface area contributed by atoms with E-state index in [1.807, 2.05) is 17.5 Å². The number of amides is 1. The summed E-state index contributed by atoms with van der Waals surface area (Å²) in [6.07, 6.45) is 5.00. The molecule has 2 fully saturated rings. The van der Waals surface area contributed by atoms with Crippen molar-refractivity contribution < 1.29 is 4.79 Å². The molecule has 1 aromatic rings. The Morgan fingerprint density at radius 1 is 1.64 bits per heavy atom. The lowest BCUT2D eigenvalue weighted by molar-refractivity contribution is 0.0933. The van der Waals surface area contributed by atoms with Gasteiger partial charge in [0, 0.05) is 5.54 Å². The van der Waals surface area contributed by atoms with Gasteiger partial charge in [-0.25, -0.2) is 0 Å². The quantitative estimate of drug-likeness (QED) is 0.792. The maximum Gasteiger partial charge on any atom is 0.261 e. The predicted octanol–water partition coefficient (Wildman–Crippen LogP) is 2.42. The first-order valence-corrected chi connectivity index (χ1v) is 6.04. The number of carbonyl (C=O) groups is 1. The molecule has 2 unspecified atom stereocenters. The Kier molecular flexibility index (Phi) is 1.71. The topological polar surface area (TPSA) is 29.1 Å². The van der Waals surface area contributed by atoms with Gasteiger partial charge >= 0.3 is 0 Å². The molecular formula is C11H13NOS.